The van der Waals surface area contributed by atoms with Crippen LogP contribution in [0.3, 0.4) is 0 Å². The van der Waals surface area contributed by atoms with E-state index in [1.165, 1.54) is 24.5 Å². The number of benzene rings is 1. The predicted molar refractivity (Wildman–Crippen MR) is 139 cm³/mol. The molecule has 2 aliphatic rings. The molecule has 0 amide bonds. The van der Waals surface area contributed by atoms with Crippen molar-refractivity contribution in [2.75, 3.05) is 12.0 Å². The Morgan fingerprint density at radius 3 is 2.47 bits per heavy atom. The summed E-state index contributed by atoms with van der Waals surface area (Å²) in [6, 6.07) is 13.2. The van der Waals surface area contributed by atoms with Crippen molar-refractivity contribution in [2.45, 2.75) is 44.6 Å². The monoisotopic (exact) mass is 535 g/mol. The van der Waals surface area contributed by atoms with Gasteiger partial charge >= 0.3 is 0 Å². The van der Waals surface area contributed by atoms with Gasteiger partial charge in [0.05, 0.1) is 46.1 Å². The van der Waals surface area contributed by atoms with Gasteiger partial charge in [-0.15, -0.1) is 5.10 Å². The second-order valence-electron chi connectivity index (χ2n) is 10.9. The van der Waals surface area contributed by atoms with Gasteiger partial charge in [-0.2, -0.15) is 10.2 Å². The number of rotatable bonds is 6. The molecule has 0 saturated heterocycles. The lowest BCUT2D eigenvalue weighted by Crippen LogP contribution is -2.37. The van der Waals surface area contributed by atoms with Gasteiger partial charge in [0.2, 0.25) is 0 Å². The number of pyridine rings is 1. The summed E-state index contributed by atoms with van der Waals surface area (Å²) in [6.07, 6.45) is 4.69. The number of aryl methyl sites for hydroxylation is 1. The molecule has 0 aliphatic heterocycles. The van der Waals surface area contributed by atoms with Crippen LogP contribution in [0.5, 0.6) is 0 Å². The van der Waals surface area contributed by atoms with Gasteiger partial charge in [-0.05, 0) is 66.1 Å². The maximum absolute atomic E-state index is 14.5. The van der Waals surface area contributed by atoms with Crippen molar-refractivity contribution in [1.82, 2.24) is 25.0 Å². The molecule has 0 spiro atoms. The first-order chi connectivity index (χ1) is 18.0. The third kappa shape index (κ3) is 3.68. The standard InChI is InChI=1S/C28H27F2N5O2S/c1-27(2)18-10-12-28(27,26-17(18)16-23(32-33-26)25-19(29)6-4-7-20(25)30)24-9-5-8-21(31-24)22-11-13-35(34-22)14-15-38(3,36)37/h4-9,11,13,16,18H,10,12,14-15H2,1-3H3/t18-,28+/m0/s1. The van der Waals surface area contributed by atoms with Gasteiger partial charge in [-0.25, -0.2) is 17.2 Å². The highest BCUT2D eigenvalue weighted by atomic mass is 32.2. The van der Waals surface area contributed by atoms with Crippen molar-refractivity contribution in [1.29, 1.82) is 0 Å². The quantitative estimate of drug-likeness (QED) is 0.348. The molecule has 10 heteroatoms. The summed E-state index contributed by atoms with van der Waals surface area (Å²) in [6.45, 7) is 4.67. The average molecular weight is 536 g/mol. The van der Waals surface area contributed by atoms with E-state index in [-0.39, 0.29) is 34.9 Å². The topological polar surface area (TPSA) is 90.6 Å². The fourth-order valence-electron chi connectivity index (χ4n) is 6.45. The average Bonchev–Trinajstić information content (AvgIpc) is 3.50. The van der Waals surface area contributed by atoms with Crippen molar-refractivity contribution < 1.29 is 17.2 Å². The smallest absolute Gasteiger partial charge is 0.149 e. The van der Waals surface area contributed by atoms with E-state index in [4.69, 9.17) is 4.98 Å². The molecule has 7 nitrogen and oxygen atoms in total. The highest BCUT2D eigenvalue weighted by Gasteiger charge is 2.65. The molecule has 0 unspecified atom stereocenters. The van der Waals surface area contributed by atoms with E-state index in [9.17, 15) is 17.2 Å². The number of fused-ring (bicyclic) bond motifs is 5. The summed E-state index contributed by atoms with van der Waals surface area (Å²) in [4.78, 5) is 5.04. The van der Waals surface area contributed by atoms with E-state index in [0.29, 0.717) is 11.4 Å². The molecule has 38 heavy (non-hydrogen) atoms. The van der Waals surface area contributed by atoms with Crippen LogP contribution in [-0.2, 0) is 21.8 Å². The predicted octanol–water partition coefficient (Wildman–Crippen LogP) is 4.93. The molecule has 1 fully saturated rings. The Hall–Kier alpha value is -3.53. The summed E-state index contributed by atoms with van der Waals surface area (Å²) >= 11 is 0. The van der Waals surface area contributed by atoms with Crippen molar-refractivity contribution in [3.63, 3.8) is 0 Å². The SMILES string of the molecule is CC1(C)[C@H]2CC[C@@]1(c1cccc(-c3ccn(CCS(C)(=O)=O)n3)n1)c1nnc(-c3c(F)cccc3F)cc12. The highest BCUT2D eigenvalue weighted by Crippen LogP contribution is 2.69. The van der Waals surface area contributed by atoms with Crippen molar-refractivity contribution in [2.24, 2.45) is 5.41 Å². The summed E-state index contributed by atoms with van der Waals surface area (Å²) in [5, 5.41) is 13.4. The lowest BCUT2D eigenvalue weighted by Gasteiger charge is -2.37. The van der Waals surface area contributed by atoms with Gasteiger partial charge in [0, 0.05) is 12.5 Å². The third-order valence-electron chi connectivity index (χ3n) is 8.38. The van der Waals surface area contributed by atoms with Crippen LogP contribution < -0.4 is 0 Å². The highest BCUT2D eigenvalue weighted by molar-refractivity contribution is 7.90. The molecule has 196 valence electrons. The molecule has 0 radical (unpaired) electrons. The number of sulfone groups is 1. The van der Waals surface area contributed by atoms with E-state index in [1.807, 2.05) is 24.3 Å². The lowest BCUT2D eigenvalue weighted by atomic mass is 9.66. The van der Waals surface area contributed by atoms with E-state index in [2.05, 4.69) is 29.1 Å². The number of hydrogen-bond donors (Lipinski definition) is 0. The third-order valence-corrected chi connectivity index (χ3v) is 9.31. The maximum atomic E-state index is 14.5. The Morgan fingerprint density at radius 1 is 1.00 bits per heavy atom. The number of hydrogen-bond acceptors (Lipinski definition) is 6. The zero-order valence-corrected chi connectivity index (χ0v) is 22.1. The normalized spacial score (nSPS) is 21.6. The van der Waals surface area contributed by atoms with Gasteiger partial charge in [0.25, 0.3) is 0 Å². The molecule has 2 aliphatic carbocycles. The first-order valence-electron chi connectivity index (χ1n) is 12.5. The minimum Gasteiger partial charge on any atom is -0.271 e. The maximum Gasteiger partial charge on any atom is 0.149 e. The summed E-state index contributed by atoms with van der Waals surface area (Å²) in [5.74, 6) is -1.18. The Morgan fingerprint density at radius 2 is 1.74 bits per heavy atom. The largest absolute Gasteiger partial charge is 0.271 e. The first kappa shape index (κ1) is 24.8. The number of nitrogens with zero attached hydrogens (tertiary/aromatic N) is 5. The van der Waals surface area contributed by atoms with E-state index >= 15 is 0 Å². The summed E-state index contributed by atoms with van der Waals surface area (Å²) in [5.41, 5.74) is 3.22. The molecule has 2 atom stereocenters. The molecule has 3 aromatic heterocycles. The number of halogens is 2. The fraction of sp³-hybridized carbons (Fsp3) is 0.357. The summed E-state index contributed by atoms with van der Waals surface area (Å²) < 4.78 is 53.7. The van der Waals surface area contributed by atoms with E-state index in [0.717, 1.165) is 29.8 Å². The van der Waals surface area contributed by atoms with Crippen molar-refractivity contribution in [3.05, 3.63) is 83.3 Å². The van der Waals surface area contributed by atoms with Crippen LogP contribution in [0.2, 0.25) is 0 Å². The van der Waals surface area contributed by atoms with Gasteiger partial charge < -0.3 is 0 Å². The van der Waals surface area contributed by atoms with Crippen LogP contribution in [-0.4, -0.2) is 45.4 Å². The van der Waals surface area contributed by atoms with Crippen LogP contribution in [0.1, 0.15) is 49.6 Å². The van der Waals surface area contributed by atoms with Crippen molar-refractivity contribution >= 4 is 9.84 Å². The molecular formula is C28H27F2N5O2S. The van der Waals surface area contributed by atoms with Gasteiger partial charge in [0.1, 0.15) is 27.2 Å². The van der Waals surface area contributed by atoms with Crippen LogP contribution >= 0.6 is 0 Å². The molecule has 6 rings (SSSR count). The van der Waals surface area contributed by atoms with Crippen LogP contribution in [0.25, 0.3) is 22.6 Å². The minimum absolute atomic E-state index is 0.00843. The molecule has 1 aromatic carbocycles. The van der Waals surface area contributed by atoms with Crippen LogP contribution in [0.4, 0.5) is 8.78 Å². The Kier molecular flexibility index (Phi) is 5.54. The molecular weight excluding hydrogens is 508 g/mol. The minimum atomic E-state index is -3.10. The number of aromatic nitrogens is 5. The molecule has 3 heterocycles. The Bertz CT molecular complexity index is 1660. The zero-order chi connectivity index (χ0) is 26.9. The molecule has 1 saturated carbocycles. The van der Waals surface area contributed by atoms with Crippen LogP contribution in [0.15, 0.2) is 54.7 Å². The second kappa shape index (κ2) is 8.49. The Labute approximate surface area is 219 Å². The van der Waals surface area contributed by atoms with E-state index in [1.54, 1.807) is 16.9 Å². The Balaban J connectivity index is 1.41. The first-order valence-corrected chi connectivity index (χ1v) is 14.6. The van der Waals surface area contributed by atoms with Gasteiger partial charge in [-0.1, -0.05) is 26.0 Å². The second-order valence-corrected chi connectivity index (χ2v) is 13.1. The lowest BCUT2D eigenvalue weighted by molar-refractivity contribution is 0.243. The van der Waals surface area contributed by atoms with Gasteiger partial charge in [0.15, 0.2) is 0 Å². The van der Waals surface area contributed by atoms with Crippen molar-refractivity contribution in [3.8, 4) is 22.6 Å². The molecule has 2 bridgehead atoms. The van der Waals surface area contributed by atoms with E-state index < -0.39 is 26.9 Å². The summed E-state index contributed by atoms with van der Waals surface area (Å²) in [7, 11) is -3.10. The molecule has 4 aromatic rings. The van der Waals surface area contributed by atoms with Crippen LogP contribution in [0, 0.1) is 17.0 Å². The van der Waals surface area contributed by atoms with Gasteiger partial charge in [-0.3, -0.25) is 9.67 Å². The zero-order valence-electron chi connectivity index (χ0n) is 21.3. The fourth-order valence-corrected chi connectivity index (χ4v) is 6.97. The molecule has 0 N–H and O–H groups in total.